The minimum absolute atomic E-state index is 0.395. The highest BCUT2D eigenvalue weighted by molar-refractivity contribution is 4.98. The molecule has 2 fully saturated rings. The SMILES string of the molecule is CCC1(CC)CN(C2CCCCC2CO)C1. The molecule has 2 aliphatic rings. The molecule has 0 spiro atoms. The van der Waals surface area contributed by atoms with Gasteiger partial charge in [0.05, 0.1) is 0 Å². The number of hydrogen-bond acceptors (Lipinski definition) is 2. The van der Waals surface area contributed by atoms with Gasteiger partial charge in [0.2, 0.25) is 0 Å². The summed E-state index contributed by atoms with van der Waals surface area (Å²) in [7, 11) is 0. The van der Waals surface area contributed by atoms with E-state index >= 15 is 0 Å². The Bertz CT molecular complexity index is 217. The van der Waals surface area contributed by atoms with Crippen LogP contribution in [0.2, 0.25) is 0 Å². The minimum Gasteiger partial charge on any atom is -0.396 e. The lowest BCUT2D eigenvalue weighted by Gasteiger charge is -2.55. The minimum atomic E-state index is 0.395. The van der Waals surface area contributed by atoms with Crippen molar-refractivity contribution in [1.29, 1.82) is 0 Å². The number of rotatable bonds is 4. The molecule has 1 heterocycles. The van der Waals surface area contributed by atoms with Crippen molar-refractivity contribution in [2.75, 3.05) is 19.7 Å². The Balaban J connectivity index is 1.89. The van der Waals surface area contributed by atoms with Crippen LogP contribution in [-0.2, 0) is 0 Å². The van der Waals surface area contributed by atoms with Crippen molar-refractivity contribution in [1.82, 2.24) is 4.90 Å². The fourth-order valence-corrected chi connectivity index (χ4v) is 3.63. The third-order valence-corrected chi connectivity index (χ3v) is 5.15. The molecular weight excluding hydrogens is 198 g/mol. The van der Waals surface area contributed by atoms with Gasteiger partial charge in [0, 0.05) is 25.7 Å². The van der Waals surface area contributed by atoms with Crippen molar-refractivity contribution < 1.29 is 5.11 Å². The highest BCUT2D eigenvalue weighted by Crippen LogP contribution is 2.41. The number of aliphatic hydroxyl groups is 1. The van der Waals surface area contributed by atoms with Crippen LogP contribution in [0.3, 0.4) is 0 Å². The van der Waals surface area contributed by atoms with Crippen LogP contribution < -0.4 is 0 Å². The Morgan fingerprint density at radius 3 is 2.31 bits per heavy atom. The summed E-state index contributed by atoms with van der Waals surface area (Å²) < 4.78 is 0. The van der Waals surface area contributed by atoms with E-state index in [1.54, 1.807) is 0 Å². The first kappa shape index (κ1) is 12.4. The zero-order valence-corrected chi connectivity index (χ0v) is 10.9. The lowest BCUT2D eigenvalue weighted by molar-refractivity contribution is -0.0702. The van der Waals surface area contributed by atoms with Gasteiger partial charge in [0.25, 0.3) is 0 Å². The fraction of sp³-hybridized carbons (Fsp3) is 1.00. The fourth-order valence-electron chi connectivity index (χ4n) is 3.63. The first-order chi connectivity index (χ1) is 7.74. The van der Waals surface area contributed by atoms with E-state index in [1.807, 2.05) is 0 Å². The maximum atomic E-state index is 9.45. The van der Waals surface area contributed by atoms with Crippen molar-refractivity contribution in [3.05, 3.63) is 0 Å². The van der Waals surface area contributed by atoms with Crippen molar-refractivity contribution in [2.24, 2.45) is 11.3 Å². The summed E-state index contributed by atoms with van der Waals surface area (Å²) >= 11 is 0. The van der Waals surface area contributed by atoms with Crippen LogP contribution in [0.1, 0.15) is 52.4 Å². The van der Waals surface area contributed by atoms with Crippen LogP contribution in [0.4, 0.5) is 0 Å². The van der Waals surface area contributed by atoms with E-state index in [-0.39, 0.29) is 0 Å². The van der Waals surface area contributed by atoms with Crippen molar-refractivity contribution in [3.63, 3.8) is 0 Å². The van der Waals surface area contributed by atoms with Gasteiger partial charge in [0.1, 0.15) is 0 Å². The van der Waals surface area contributed by atoms with Gasteiger partial charge in [-0.15, -0.1) is 0 Å². The van der Waals surface area contributed by atoms with Crippen molar-refractivity contribution >= 4 is 0 Å². The maximum Gasteiger partial charge on any atom is 0.0474 e. The molecule has 2 atom stereocenters. The molecule has 2 unspecified atom stereocenters. The average molecular weight is 225 g/mol. The molecule has 2 heteroatoms. The number of nitrogens with zero attached hydrogens (tertiary/aromatic N) is 1. The van der Waals surface area contributed by atoms with Gasteiger partial charge in [-0.3, -0.25) is 4.90 Å². The number of hydrogen-bond donors (Lipinski definition) is 1. The molecule has 0 aromatic carbocycles. The summed E-state index contributed by atoms with van der Waals surface area (Å²) in [6, 6.07) is 0.685. The summed E-state index contributed by atoms with van der Waals surface area (Å²) in [6.45, 7) is 7.60. The van der Waals surface area contributed by atoms with Gasteiger partial charge >= 0.3 is 0 Å². The maximum absolute atomic E-state index is 9.45. The van der Waals surface area contributed by atoms with Crippen LogP contribution >= 0.6 is 0 Å². The summed E-state index contributed by atoms with van der Waals surface area (Å²) in [6.07, 6.45) is 7.87. The standard InChI is InChI=1S/C14H27NO/c1-3-14(4-2)10-15(11-14)13-8-6-5-7-12(13)9-16/h12-13,16H,3-11H2,1-2H3. The molecular formula is C14H27NO. The van der Waals surface area contributed by atoms with Gasteiger partial charge in [0.15, 0.2) is 0 Å². The Hall–Kier alpha value is -0.0800. The van der Waals surface area contributed by atoms with E-state index in [1.165, 1.54) is 51.6 Å². The second-order valence-corrected chi connectivity index (χ2v) is 5.91. The molecule has 1 saturated carbocycles. The summed E-state index contributed by atoms with van der Waals surface area (Å²) in [5, 5.41) is 9.45. The highest BCUT2D eigenvalue weighted by atomic mass is 16.3. The van der Waals surface area contributed by atoms with Gasteiger partial charge in [-0.25, -0.2) is 0 Å². The van der Waals surface area contributed by atoms with Gasteiger partial charge in [-0.2, -0.15) is 0 Å². The molecule has 2 nitrogen and oxygen atoms in total. The first-order valence-corrected chi connectivity index (χ1v) is 7.09. The van der Waals surface area contributed by atoms with E-state index in [9.17, 15) is 5.11 Å². The topological polar surface area (TPSA) is 23.5 Å². The summed E-state index contributed by atoms with van der Waals surface area (Å²) in [4.78, 5) is 2.65. The second kappa shape index (κ2) is 5.05. The molecule has 1 aliphatic heterocycles. The molecule has 0 radical (unpaired) electrons. The molecule has 1 N–H and O–H groups in total. The van der Waals surface area contributed by atoms with Gasteiger partial charge < -0.3 is 5.11 Å². The van der Waals surface area contributed by atoms with E-state index < -0.39 is 0 Å². The highest BCUT2D eigenvalue weighted by Gasteiger charge is 2.44. The Kier molecular flexibility index (Phi) is 3.91. The molecule has 0 aromatic heterocycles. The van der Waals surface area contributed by atoms with Crippen molar-refractivity contribution in [3.8, 4) is 0 Å². The predicted octanol–water partition coefficient (Wildman–Crippen LogP) is 2.66. The van der Waals surface area contributed by atoms with Crippen LogP contribution in [0.5, 0.6) is 0 Å². The van der Waals surface area contributed by atoms with Crippen LogP contribution in [-0.4, -0.2) is 35.7 Å². The van der Waals surface area contributed by atoms with Crippen LogP contribution in [0.25, 0.3) is 0 Å². The molecule has 0 amide bonds. The lowest BCUT2D eigenvalue weighted by atomic mass is 9.72. The number of aliphatic hydroxyl groups excluding tert-OH is 1. The zero-order valence-electron chi connectivity index (χ0n) is 10.9. The smallest absolute Gasteiger partial charge is 0.0474 e. The molecule has 0 bridgehead atoms. The Morgan fingerprint density at radius 1 is 1.12 bits per heavy atom. The third-order valence-electron chi connectivity index (χ3n) is 5.15. The van der Waals surface area contributed by atoms with Crippen molar-refractivity contribution in [2.45, 2.75) is 58.4 Å². The molecule has 16 heavy (non-hydrogen) atoms. The first-order valence-electron chi connectivity index (χ1n) is 7.09. The van der Waals surface area contributed by atoms with E-state index in [0.29, 0.717) is 24.0 Å². The van der Waals surface area contributed by atoms with Gasteiger partial charge in [-0.1, -0.05) is 26.7 Å². The Morgan fingerprint density at radius 2 is 1.75 bits per heavy atom. The average Bonchev–Trinajstić information content (AvgIpc) is 2.29. The van der Waals surface area contributed by atoms with Crippen LogP contribution in [0.15, 0.2) is 0 Å². The predicted molar refractivity (Wildman–Crippen MR) is 67.4 cm³/mol. The molecule has 1 aliphatic carbocycles. The van der Waals surface area contributed by atoms with E-state index in [4.69, 9.17) is 0 Å². The normalized spacial score (nSPS) is 34.7. The van der Waals surface area contributed by atoms with E-state index in [2.05, 4.69) is 18.7 Å². The summed E-state index contributed by atoms with van der Waals surface area (Å²) in [5.74, 6) is 0.556. The molecule has 2 rings (SSSR count). The molecule has 1 saturated heterocycles. The Labute approximate surface area is 100 Å². The molecule has 94 valence electrons. The molecule has 0 aromatic rings. The monoisotopic (exact) mass is 225 g/mol. The number of likely N-dealkylation sites (tertiary alicyclic amines) is 1. The van der Waals surface area contributed by atoms with E-state index in [0.717, 1.165) is 0 Å². The summed E-state index contributed by atoms with van der Waals surface area (Å²) in [5.41, 5.74) is 0.609. The largest absolute Gasteiger partial charge is 0.396 e. The third kappa shape index (κ3) is 2.14. The van der Waals surface area contributed by atoms with Crippen LogP contribution in [0, 0.1) is 11.3 Å². The quantitative estimate of drug-likeness (QED) is 0.795. The lowest BCUT2D eigenvalue weighted by Crippen LogP contribution is -2.61. The zero-order chi connectivity index (χ0) is 11.6. The van der Waals surface area contributed by atoms with Gasteiger partial charge in [-0.05, 0) is 37.0 Å². The second-order valence-electron chi connectivity index (χ2n) is 5.91.